The number of hydrogen-bond donors (Lipinski definition) is 2. The van der Waals surface area contributed by atoms with Crippen LogP contribution in [0.1, 0.15) is 56.2 Å². The van der Waals surface area contributed by atoms with E-state index in [2.05, 4.69) is 46.3 Å². The van der Waals surface area contributed by atoms with Crippen molar-refractivity contribution < 1.29 is 19.8 Å². The van der Waals surface area contributed by atoms with Gasteiger partial charge in [0.2, 0.25) is 0 Å². The van der Waals surface area contributed by atoms with Gasteiger partial charge >= 0.3 is 11.9 Å². The fourth-order valence-corrected chi connectivity index (χ4v) is 5.90. The highest BCUT2D eigenvalue weighted by Crippen LogP contribution is 2.38. The summed E-state index contributed by atoms with van der Waals surface area (Å²) < 4.78 is 0.969. The monoisotopic (exact) mass is 488 g/mol. The van der Waals surface area contributed by atoms with E-state index in [4.69, 9.17) is 0 Å². The Kier molecular flexibility index (Phi) is 5.22. The summed E-state index contributed by atoms with van der Waals surface area (Å²) >= 11 is 3.84. The smallest absolute Gasteiger partial charge is 0.335 e. The van der Waals surface area contributed by atoms with E-state index in [1.807, 2.05) is 12.1 Å². The van der Waals surface area contributed by atoms with Crippen LogP contribution in [0, 0.1) is 10.4 Å². The summed E-state index contributed by atoms with van der Waals surface area (Å²) in [5.74, 6) is -2.39. The molecule has 0 saturated heterocycles. The van der Waals surface area contributed by atoms with Crippen LogP contribution in [0.2, 0.25) is 0 Å². The third-order valence-corrected chi connectivity index (χ3v) is 7.54. The molecule has 160 valence electrons. The first-order chi connectivity index (χ1) is 15.5. The molecule has 0 spiro atoms. The molecule has 32 heavy (non-hydrogen) atoms. The van der Waals surface area contributed by atoms with Crippen molar-refractivity contribution in [3.63, 3.8) is 0 Å². The summed E-state index contributed by atoms with van der Waals surface area (Å²) in [6, 6.07) is 17.0. The van der Waals surface area contributed by atoms with Gasteiger partial charge < -0.3 is 10.2 Å². The number of carbonyl (C=O) groups is 2. The predicted molar refractivity (Wildman–Crippen MR) is 126 cm³/mol. The molecule has 0 bridgehead atoms. The number of fused-ring (bicyclic) bond motifs is 4. The van der Waals surface area contributed by atoms with E-state index in [0.29, 0.717) is 12.0 Å². The van der Waals surface area contributed by atoms with E-state index in [1.54, 1.807) is 0 Å². The number of rotatable bonds is 4. The van der Waals surface area contributed by atoms with Gasteiger partial charge in [0.15, 0.2) is 0 Å². The largest absolute Gasteiger partial charge is 0.478 e. The van der Waals surface area contributed by atoms with E-state index < -0.39 is 11.9 Å². The van der Waals surface area contributed by atoms with E-state index in [-0.39, 0.29) is 17.0 Å². The Balaban J connectivity index is 1.84. The van der Waals surface area contributed by atoms with Crippen LogP contribution in [0.15, 0.2) is 54.6 Å². The first kappa shape index (κ1) is 20.7. The average molecular weight is 489 g/mol. The zero-order valence-corrected chi connectivity index (χ0v) is 18.9. The summed E-state index contributed by atoms with van der Waals surface area (Å²) in [6.45, 7) is 0. The Morgan fingerprint density at radius 2 is 1.56 bits per heavy atom. The van der Waals surface area contributed by atoms with Crippen molar-refractivity contribution in [1.29, 1.82) is 0 Å². The molecule has 2 aliphatic rings. The molecule has 0 heterocycles. The van der Waals surface area contributed by atoms with Crippen LogP contribution >= 0.6 is 15.9 Å². The Labute approximate surface area is 193 Å². The highest BCUT2D eigenvalue weighted by atomic mass is 79.9. The number of aromatic carboxylic acids is 2. The maximum atomic E-state index is 12.0. The Morgan fingerprint density at radius 3 is 2.25 bits per heavy atom. The van der Waals surface area contributed by atoms with Crippen molar-refractivity contribution in [1.82, 2.24) is 0 Å². The third-order valence-electron chi connectivity index (χ3n) is 6.56. The van der Waals surface area contributed by atoms with E-state index in [0.717, 1.165) is 39.4 Å². The van der Waals surface area contributed by atoms with Crippen LogP contribution in [-0.4, -0.2) is 22.2 Å². The van der Waals surface area contributed by atoms with Gasteiger partial charge in [-0.2, -0.15) is 0 Å². The second kappa shape index (κ2) is 8.06. The van der Waals surface area contributed by atoms with Gasteiger partial charge in [0.05, 0.1) is 11.1 Å². The molecule has 0 radical (unpaired) electrons. The fraction of sp³-hybridized carbons (Fsp3) is 0.185. The molecule has 0 fully saturated rings. The minimum atomic E-state index is -1.11. The molecule has 3 aromatic carbocycles. The summed E-state index contributed by atoms with van der Waals surface area (Å²) in [6.07, 6.45) is 5.63. The molecule has 5 heteroatoms. The van der Waals surface area contributed by atoms with Crippen molar-refractivity contribution in [2.75, 3.05) is 0 Å². The van der Waals surface area contributed by atoms with Gasteiger partial charge in [-0.15, -0.1) is 0 Å². The van der Waals surface area contributed by atoms with Crippen LogP contribution in [0.3, 0.4) is 0 Å². The SMILES string of the molecule is O=C(O)c1cccc(C(=O)O)c1CC1C(Br)=c2ccccc2=c2ccc3c(c21)CCCC=3. The third kappa shape index (κ3) is 3.28. The van der Waals surface area contributed by atoms with Gasteiger partial charge in [-0.05, 0) is 75.4 Å². The van der Waals surface area contributed by atoms with Crippen molar-refractivity contribution in [2.45, 2.75) is 31.6 Å². The number of benzene rings is 3. The lowest BCUT2D eigenvalue weighted by atomic mass is 9.79. The maximum Gasteiger partial charge on any atom is 0.335 e. The molecule has 0 amide bonds. The molecular formula is C27H21BrO4. The van der Waals surface area contributed by atoms with Gasteiger partial charge in [-0.3, -0.25) is 0 Å². The second-order valence-corrected chi connectivity index (χ2v) is 9.14. The molecule has 0 aliphatic heterocycles. The van der Waals surface area contributed by atoms with Gasteiger partial charge in [-0.25, -0.2) is 9.59 Å². The molecule has 2 aliphatic carbocycles. The van der Waals surface area contributed by atoms with E-state index in [1.165, 1.54) is 34.5 Å². The van der Waals surface area contributed by atoms with Crippen LogP contribution in [0.25, 0.3) is 10.6 Å². The molecule has 3 aromatic rings. The van der Waals surface area contributed by atoms with Crippen LogP contribution in [0.4, 0.5) is 0 Å². The summed E-state index contributed by atoms with van der Waals surface area (Å²) in [5.41, 5.74) is 2.91. The topological polar surface area (TPSA) is 74.6 Å². The summed E-state index contributed by atoms with van der Waals surface area (Å²) in [7, 11) is 0. The molecular weight excluding hydrogens is 468 g/mol. The van der Waals surface area contributed by atoms with Gasteiger partial charge in [0.25, 0.3) is 0 Å². The van der Waals surface area contributed by atoms with Crippen LogP contribution < -0.4 is 10.4 Å². The molecule has 4 nitrogen and oxygen atoms in total. The minimum Gasteiger partial charge on any atom is -0.478 e. The van der Waals surface area contributed by atoms with Gasteiger partial charge in [-0.1, -0.05) is 64.5 Å². The number of halogens is 1. The average Bonchev–Trinajstić information content (AvgIpc) is 2.81. The second-order valence-electron chi connectivity index (χ2n) is 8.28. The lowest BCUT2D eigenvalue weighted by molar-refractivity contribution is 0.0695. The fourth-order valence-electron chi connectivity index (χ4n) is 5.17. The van der Waals surface area contributed by atoms with Gasteiger partial charge in [0, 0.05) is 10.4 Å². The first-order valence-electron chi connectivity index (χ1n) is 10.7. The summed E-state index contributed by atoms with van der Waals surface area (Å²) in [5, 5.41) is 24.2. The van der Waals surface area contributed by atoms with E-state index >= 15 is 0 Å². The van der Waals surface area contributed by atoms with Gasteiger partial charge in [0.1, 0.15) is 0 Å². The van der Waals surface area contributed by atoms with Crippen molar-refractivity contribution in [3.05, 3.63) is 103 Å². The Morgan fingerprint density at radius 1 is 0.875 bits per heavy atom. The molecule has 2 N–H and O–H groups in total. The van der Waals surface area contributed by atoms with E-state index in [9.17, 15) is 19.8 Å². The van der Waals surface area contributed by atoms with Crippen LogP contribution in [-0.2, 0) is 12.8 Å². The highest BCUT2D eigenvalue weighted by molar-refractivity contribution is 9.14. The van der Waals surface area contributed by atoms with Crippen molar-refractivity contribution in [3.8, 4) is 0 Å². The standard InChI is InChI=1S/C27H21BrO4/c28-25-19-9-4-3-8-17(19)18-13-12-15-6-1-2-7-16(15)24(18)23(25)14-22-20(26(29)30)10-5-11-21(22)27(31)32/h3-6,8-13,23H,1-2,7,14H2,(H,29,30)(H,31,32). The van der Waals surface area contributed by atoms with Crippen LogP contribution in [0.5, 0.6) is 0 Å². The lowest BCUT2D eigenvalue weighted by Crippen LogP contribution is -2.25. The zero-order valence-electron chi connectivity index (χ0n) is 17.3. The lowest BCUT2D eigenvalue weighted by Gasteiger charge is -2.27. The quantitative estimate of drug-likeness (QED) is 0.573. The first-order valence-corrected chi connectivity index (χ1v) is 11.5. The molecule has 1 unspecified atom stereocenters. The Hall–Kier alpha value is -3.18. The molecule has 1 atom stereocenters. The summed E-state index contributed by atoms with van der Waals surface area (Å²) in [4.78, 5) is 24.0. The predicted octanol–water partition coefficient (Wildman–Crippen LogP) is 4.33. The zero-order chi connectivity index (χ0) is 22.4. The maximum absolute atomic E-state index is 12.0. The number of carboxylic acids is 2. The molecule has 0 aromatic heterocycles. The molecule has 5 rings (SSSR count). The van der Waals surface area contributed by atoms with Crippen molar-refractivity contribution in [2.24, 2.45) is 0 Å². The van der Waals surface area contributed by atoms with Crippen molar-refractivity contribution >= 4 is 38.4 Å². The number of carboxylic acid groups (broad SMARTS) is 2. The normalized spacial score (nSPS) is 16.4. The highest BCUT2D eigenvalue weighted by Gasteiger charge is 2.29. The molecule has 0 saturated carbocycles. The Bertz CT molecular complexity index is 1470. The number of hydrogen-bond acceptors (Lipinski definition) is 2. The minimum absolute atomic E-state index is 0.0435.